The van der Waals surface area contributed by atoms with Crippen LogP contribution in [0.4, 0.5) is 30.8 Å². The van der Waals surface area contributed by atoms with Crippen molar-refractivity contribution in [2.24, 2.45) is 4.99 Å². The van der Waals surface area contributed by atoms with Crippen LogP contribution in [-0.2, 0) is 10.7 Å². The predicted octanol–water partition coefficient (Wildman–Crippen LogP) is 6.38. The van der Waals surface area contributed by atoms with Crippen molar-refractivity contribution in [3.8, 4) is 0 Å². The van der Waals surface area contributed by atoms with E-state index < -0.39 is 18.9 Å². The van der Waals surface area contributed by atoms with Crippen molar-refractivity contribution in [1.29, 1.82) is 0 Å². The van der Waals surface area contributed by atoms with Crippen LogP contribution in [0.15, 0.2) is 77.3 Å². The highest BCUT2D eigenvalue weighted by Gasteiger charge is 2.30. The van der Waals surface area contributed by atoms with Gasteiger partial charge in [0.05, 0.1) is 12.1 Å². The Balaban J connectivity index is 1.63. The monoisotopic (exact) mass is 538 g/mol. The largest absolute Gasteiger partial charge is 0.416 e. The maximum atomic E-state index is 13.1. The third-order valence-electron chi connectivity index (χ3n) is 5.41. The molecule has 11 heteroatoms. The number of anilines is 3. The van der Waals surface area contributed by atoms with Crippen molar-refractivity contribution < 1.29 is 17.7 Å². The fraction of sp³-hybridized carbons (Fsp3) is 0.185. The molecule has 1 aliphatic heterocycles. The van der Waals surface area contributed by atoms with Gasteiger partial charge < -0.3 is 15.2 Å². The summed E-state index contributed by atoms with van der Waals surface area (Å²) in [6, 6.07) is 12.1. The Morgan fingerprint density at radius 2 is 1.63 bits per heavy atom. The Morgan fingerprint density at radius 3 is 2.29 bits per heavy atom. The van der Waals surface area contributed by atoms with Gasteiger partial charge in [-0.3, -0.25) is 4.99 Å². The highest BCUT2D eigenvalue weighted by molar-refractivity contribution is 7.70. The lowest BCUT2D eigenvalue weighted by atomic mass is 10.1. The Kier molecular flexibility index (Phi) is 7.92. The molecular formula is C27H26F3N6OP. The summed E-state index contributed by atoms with van der Waals surface area (Å²) < 4.78 is 51.6. The molecule has 0 saturated carbocycles. The second-order valence-electron chi connectivity index (χ2n) is 8.87. The van der Waals surface area contributed by atoms with E-state index >= 15 is 0 Å². The zero-order valence-electron chi connectivity index (χ0n) is 21.0. The number of nitrogens with one attached hydrogen (secondary N) is 2. The molecule has 7 nitrogen and oxygen atoms in total. The molecule has 0 fully saturated rings. The first-order valence-corrected chi connectivity index (χ1v) is 14.3. The molecule has 0 unspecified atom stereocenters. The van der Waals surface area contributed by atoms with Crippen LogP contribution < -0.4 is 15.9 Å². The highest BCUT2D eigenvalue weighted by Crippen LogP contribution is 2.34. The number of amidine groups is 1. The first kappa shape index (κ1) is 27.0. The molecule has 0 spiro atoms. The van der Waals surface area contributed by atoms with Crippen LogP contribution in [-0.4, -0.2) is 40.7 Å². The van der Waals surface area contributed by atoms with Crippen LogP contribution in [0.2, 0.25) is 0 Å². The van der Waals surface area contributed by atoms with E-state index in [1.807, 2.05) is 25.2 Å². The minimum Gasteiger partial charge on any atom is -0.324 e. The van der Waals surface area contributed by atoms with Crippen LogP contribution in [0, 0.1) is 0 Å². The average Bonchev–Trinajstić information content (AvgIpc) is 3.29. The Morgan fingerprint density at radius 1 is 0.921 bits per heavy atom. The van der Waals surface area contributed by atoms with E-state index in [-0.39, 0.29) is 17.7 Å². The Labute approximate surface area is 218 Å². The molecule has 4 rings (SSSR count). The standard InChI is InChI=1S/C27H26F3N6OP/c1-4-6-19-16-24(31-17-19)35-26-34-23(14-9-18-7-5-8-20(15-18)27(28,29)30)33-25(36-26)32-21-10-12-22(13-11-21)38(2,3)37/h4-16H,17H2,1-3H3,(H2,31,32,33,34,35,36)/b6-4+,14-9+. The minimum atomic E-state index is -4.44. The lowest BCUT2D eigenvalue weighted by Gasteiger charge is -2.11. The fourth-order valence-electron chi connectivity index (χ4n) is 3.55. The molecule has 1 aromatic heterocycles. The first-order chi connectivity index (χ1) is 18.0. The van der Waals surface area contributed by atoms with Crippen LogP contribution in [0.3, 0.4) is 0 Å². The fourth-order valence-corrected chi connectivity index (χ4v) is 4.42. The quantitative estimate of drug-likeness (QED) is 0.339. The summed E-state index contributed by atoms with van der Waals surface area (Å²) in [6.45, 7) is 5.84. The summed E-state index contributed by atoms with van der Waals surface area (Å²) in [5.41, 5.74) is 1.30. The van der Waals surface area contributed by atoms with Gasteiger partial charge in [-0.05, 0) is 79.9 Å². The average molecular weight is 539 g/mol. The van der Waals surface area contributed by atoms with Gasteiger partial charge in [0.15, 0.2) is 5.82 Å². The van der Waals surface area contributed by atoms with Crippen molar-refractivity contribution in [3.05, 3.63) is 89.3 Å². The molecule has 38 heavy (non-hydrogen) atoms. The van der Waals surface area contributed by atoms with Gasteiger partial charge in [-0.1, -0.05) is 30.4 Å². The second-order valence-corrected chi connectivity index (χ2v) is 12.1. The van der Waals surface area contributed by atoms with E-state index in [0.29, 0.717) is 23.6 Å². The van der Waals surface area contributed by atoms with Gasteiger partial charge in [0.25, 0.3) is 0 Å². The predicted molar refractivity (Wildman–Crippen MR) is 148 cm³/mol. The van der Waals surface area contributed by atoms with Crippen LogP contribution >= 0.6 is 7.14 Å². The molecule has 0 radical (unpaired) electrons. The molecule has 0 aliphatic carbocycles. The Hall–Kier alpha value is -4.04. The van der Waals surface area contributed by atoms with Crippen LogP contribution in [0.5, 0.6) is 0 Å². The topological polar surface area (TPSA) is 92.2 Å². The number of benzene rings is 2. The smallest absolute Gasteiger partial charge is 0.324 e. The van der Waals surface area contributed by atoms with Gasteiger partial charge in [-0.2, -0.15) is 28.1 Å². The second kappa shape index (κ2) is 11.1. The summed E-state index contributed by atoms with van der Waals surface area (Å²) in [6.07, 6.45) is 4.33. The minimum absolute atomic E-state index is 0.214. The maximum absolute atomic E-state index is 13.1. The molecule has 0 bridgehead atoms. The lowest BCUT2D eigenvalue weighted by molar-refractivity contribution is -0.137. The molecule has 1 aliphatic rings. The van der Waals surface area contributed by atoms with Gasteiger partial charge in [-0.25, -0.2) is 0 Å². The van der Waals surface area contributed by atoms with E-state index in [0.717, 1.165) is 23.0 Å². The van der Waals surface area contributed by atoms with Gasteiger partial charge in [0, 0.05) is 11.0 Å². The number of nitrogens with zero attached hydrogens (tertiary/aromatic N) is 4. The number of hydrogen-bond acceptors (Lipinski definition) is 7. The number of aliphatic imine (C=N–C) groups is 1. The van der Waals surface area contributed by atoms with Crippen LogP contribution in [0.1, 0.15) is 23.9 Å². The summed E-state index contributed by atoms with van der Waals surface area (Å²) in [5, 5.41) is 6.92. The van der Waals surface area contributed by atoms with Gasteiger partial charge in [-0.15, -0.1) is 0 Å². The van der Waals surface area contributed by atoms with Gasteiger partial charge in [0.2, 0.25) is 11.9 Å². The van der Waals surface area contributed by atoms with Crippen molar-refractivity contribution in [3.63, 3.8) is 0 Å². The molecule has 2 aromatic carbocycles. The third-order valence-corrected chi connectivity index (χ3v) is 6.95. The summed E-state index contributed by atoms with van der Waals surface area (Å²) in [7, 11) is -2.40. The van der Waals surface area contributed by atoms with E-state index in [1.54, 1.807) is 43.7 Å². The number of allylic oxidation sites excluding steroid dienone is 1. The highest BCUT2D eigenvalue weighted by atomic mass is 31.2. The van der Waals surface area contributed by atoms with E-state index in [4.69, 9.17) is 0 Å². The maximum Gasteiger partial charge on any atom is 0.416 e. The van der Waals surface area contributed by atoms with E-state index in [2.05, 4.69) is 30.6 Å². The number of rotatable bonds is 7. The molecule has 0 atom stereocenters. The Bertz CT molecular complexity index is 1490. The van der Waals surface area contributed by atoms with Crippen molar-refractivity contribution in [2.45, 2.75) is 13.1 Å². The van der Waals surface area contributed by atoms with E-state index in [9.17, 15) is 17.7 Å². The van der Waals surface area contributed by atoms with Crippen molar-refractivity contribution in [1.82, 2.24) is 15.0 Å². The van der Waals surface area contributed by atoms with Gasteiger partial charge in [0.1, 0.15) is 13.0 Å². The SMILES string of the molecule is C/C=C/C1=CC(Nc2nc(/C=C/c3cccc(C(F)(F)F)c3)nc(Nc3ccc(P(C)(C)=O)cc3)n2)=NC1. The number of alkyl halides is 3. The molecule has 2 N–H and O–H groups in total. The molecule has 196 valence electrons. The van der Waals surface area contributed by atoms with Crippen LogP contribution in [0.25, 0.3) is 12.2 Å². The molecular weight excluding hydrogens is 512 g/mol. The molecule has 2 heterocycles. The summed E-state index contributed by atoms with van der Waals surface area (Å²) in [4.78, 5) is 17.6. The zero-order chi connectivity index (χ0) is 27.3. The lowest BCUT2D eigenvalue weighted by Crippen LogP contribution is -2.13. The van der Waals surface area contributed by atoms with Crippen molar-refractivity contribution in [2.75, 3.05) is 30.5 Å². The molecule has 3 aromatic rings. The molecule has 0 amide bonds. The number of hydrogen-bond donors (Lipinski definition) is 2. The van der Waals surface area contributed by atoms with E-state index in [1.165, 1.54) is 18.2 Å². The third kappa shape index (κ3) is 7.26. The zero-order valence-corrected chi connectivity index (χ0v) is 21.9. The number of aromatic nitrogens is 3. The summed E-state index contributed by atoms with van der Waals surface area (Å²) in [5.74, 6) is 1.23. The first-order valence-electron chi connectivity index (χ1n) is 11.7. The van der Waals surface area contributed by atoms with Crippen molar-refractivity contribution >= 4 is 48.0 Å². The normalized spacial score (nSPS) is 14.2. The summed E-state index contributed by atoms with van der Waals surface area (Å²) >= 11 is 0. The molecule has 0 saturated heterocycles. The van der Waals surface area contributed by atoms with Gasteiger partial charge >= 0.3 is 6.18 Å². The number of halogens is 3.